The van der Waals surface area contributed by atoms with Gasteiger partial charge in [0.1, 0.15) is 11.8 Å². The average molecular weight is 585 g/mol. The largest absolute Gasteiger partial charge is 0.435 e. The lowest BCUT2D eigenvalue weighted by molar-refractivity contribution is -0.132. The summed E-state index contributed by atoms with van der Waals surface area (Å²) in [5.74, 6) is -0.725. The Kier molecular flexibility index (Phi) is 7.85. The molecule has 3 amide bonds. The summed E-state index contributed by atoms with van der Waals surface area (Å²) in [6.45, 7) is 2.47. The van der Waals surface area contributed by atoms with Crippen LogP contribution in [0.1, 0.15) is 11.1 Å². The lowest BCUT2D eigenvalue weighted by Crippen LogP contribution is -2.55. The Balaban J connectivity index is 1.40. The van der Waals surface area contributed by atoms with Gasteiger partial charge in [0.2, 0.25) is 5.91 Å². The summed E-state index contributed by atoms with van der Waals surface area (Å²) in [4.78, 5) is 32.2. The maximum atomic E-state index is 13.9. The number of hydrogen-bond donors (Lipinski definition) is 0. The quantitative estimate of drug-likeness (QED) is 0.413. The molecule has 9 nitrogen and oxygen atoms in total. The molecule has 0 saturated carbocycles. The van der Waals surface area contributed by atoms with Crippen LogP contribution in [0.4, 0.5) is 25.0 Å². The van der Waals surface area contributed by atoms with Crippen LogP contribution in [0.5, 0.6) is 5.75 Å². The third-order valence-corrected chi connectivity index (χ3v) is 9.04. The molecule has 0 N–H and O–H groups in total. The van der Waals surface area contributed by atoms with Gasteiger partial charge in [0, 0.05) is 43.6 Å². The van der Waals surface area contributed by atoms with Crippen LogP contribution in [-0.4, -0.2) is 74.9 Å². The zero-order valence-electron chi connectivity index (χ0n) is 22.6. The average Bonchev–Trinajstić information content (AvgIpc) is 3.32. The maximum Gasteiger partial charge on any atom is 0.387 e. The summed E-state index contributed by atoms with van der Waals surface area (Å²) >= 11 is 0. The number of alkyl halides is 2. The van der Waals surface area contributed by atoms with Crippen LogP contribution in [-0.2, 0) is 14.8 Å². The molecule has 41 heavy (non-hydrogen) atoms. The number of anilines is 2. The summed E-state index contributed by atoms with van der Waals surface area (Å²) in [7, 11) is -4.50. The van der Waals surface area contributed by atoms with E-state index in [1.807, 2.05) is 13.8 Å². The predicted molar refractivity (Wildman–Crippen MR) is 150 cm³/mol. The molecule has 0 radical (unpaired) electrons. The summed E-state index contributed by atoms with van der Waals surface area (Å²) in [5, 5.41) is 0. The molecule has 2 aliphatic heterocycles. The molecule has 2 aliphatic rings. The third-order valence-electron chi connectivity index (χ3n) is 7.30. The van der Waals surface area contributed by atoms with E-state index in [-0.39, 0.29) is 11.7 Å². The molecule has 0 aromatic heterocycles. The van der Waals surface area contributed by atoms with Gasteiger partial charge < -0.3 is 14.5 Å². The molecule has 12 heteroatoms. The van der Waals surface area contributed by atoms with Crippen molar-refractivity contribution in [2.45, 2.75) is 31.4 Å². The van der Waals surface area contributed by atoms with Crippen molar-refractivity contribution in [3.8, 4) is 5.75 Å². The number of hydrogen-bond acceptors (Lipinski definition) is 6. The Morgan fingerprint density at radius 2 is 1.63 bits per heavy atom. The van der Waals surface area contributed by atoms with Gasteiger partial charge in [-0.3, -0.25) is 9.69 Å². The molecule has 2 fully saturated rings. The molecule has 0 bridgehead atoms. The van der Waals surface area contributed by atoms with E-state index in [9.17, 15) is 26.8 Å². The summed E-state index contributed by atoms with van der Waals surface area (Å²) in [5.41, 5.74) is 3.75. The number of halogens is 2. The first-order valence-electron chi connectivity index (χ1n) is 13.1. The van der Waals surface area contributed by atoms with Crippen LogP contribution in [0.2, 0.25) is 0 Å². The normalized spacial score (nSPS) is 17.9. The minimum Gasteiger partial charge on any atom is -0.435 e. The van der Waals surface area contributed by atoms with Gasteiger partial charge in [-0.2, -0.15) is 8.78 Å². The summed E-state index contributed by atoms with van der Waals surface area (Å²) in [6, 6.07) is 17.2. The van der Waals surface area contributed by atoms with Gasteiger partial charge in [-0.15, -0.1) is 0 Å². The highest BCUT2D eigenvalue weighted by Gasteiger charge is 2.49. The topological polar surface area (TPSA) is 90.5 Å². The standard InChI is InChI=1S/C29H30F2N4O5S/c1-20-11-12-21(2)25(17-20)32-13-15-33(16-14-32)27(36)26-19-34(29(37)35(26)22-7-4-3-5-8-22)41(38,39)24-10-6-9-23(18-24)40-28(30)31/h3-12,17-18,26,28H,13-16,19H2,1-2H3/t26-/m0/s1. The number of carbonyl (C=O) groups excluding carboxylic acids is 2. The molecular formula is C29H30F2N4O5S. The van der Waals surface area contributed by atoms with Gasteiger partial charge >= 0.3 is 12.6 Å². The molecule has 3 aromatic rings. The highest BCUT2D eigenvalue weighted by molar-refractivity contribution is 7.89. The zero-order chi connectivity index (χ0) is 29.3. The first-order valence-corrected chi connectivity index (χ1v) is 14.6. The summed E-state index contributed by atoms with van der Waals surface area (Å²) < 4.78 is 57.6. The second-order valence-electron chi connectivity index (χ2n) is 10.00. The molecule has 0 spiro atoms. The molecule has 216 valence electrons. The van der Waals surface area contributed by atoms with Crippen molar-refractivity contribution in [3.63, 3.8) is 0 Å². The Labute approximate surface area is 237 Å². The first kappa shape index (κ1) is 28.3. The maximum absolute atomic E-state index is 13.9. The molecule has 1 atom stereocenters. The van der Waals surface area contributed by atoms with E-state index < -0.39 is 40.1 Å². The van der Waals surface area contributed by atoms with Gasteiger partial charge in [0.05, 0.1) is 11.4 Å². The Hall–Kier alpha value is -4.19. The van der Waals surface area contributed by atoms with E-state index in [2.05, 4.69) is 27.8 Å². The summed E-state index contributed by atoms with van der Waals surface area (Å²) in [6.07, 6.45) is 0. The van der Waals surface area contributed by atoms with Crippen molar-refractivity contribution in [1.82, 2.24) is 9.21 Å². The molecule has 0 aliphatic carbocycles. The number of carbonyl (C=O) groups is 2. The minimum absolute atomic E-state index is 0.359. The highest BCUT2D eigenvalue weighted by atomic mass is 32.2. The molecule has 2 heterocycles. The highest BCUT2D eigenvalue weighted by Crippen LogP contribution is 2.32. The Morgan fingerprint density at radius 1 is 0.927 bits per heavy atom. The number of nitrogens with zero attached hydrogens (tertiary/aromatic N) is 4. The molecular weight excluding hydrogens is 554 g/mol. The fourth-order valence-corrected chi connectivity index (χ4v) is 6.62. The lowest BCUT2D eigenvalue weighted by atomic mass is 10.1. The Bertz CT molecular complexity index is 1550. The van der Waals surface area contributed by atoms with Crippen molar-refractivity contribution in [3.05, 3.63) is 83.9 Å². The van der Waals surface area contributed by atoms with Gasteiger partial charge in [-0.1, -0.05) is 36.4 Å². The van der Waals surface area contributed by atoms with E-state index >= 15 is 0 Å². The van der Waals surface area contributed by atoms with Crippen molar-refractivity contribution in [2.75, 3.05) is 42.5 Å². The van der Waals surface area contributed by atoms with Crippen LogP contribution < -0.4 is 14.5 Å². The molecule has 2 saturated heterocycles. The molecule has 3 aromatic carbocycles. The van der Waals surface area contributed by atoms with Crippen molar-refractivity contribution in [1.29, 1.82) is 0 Å². The van der Waals surface area contributed by atoms with Gasteiger partial charge in [-0.25, -0.2) is 17.5 Å². The number of benzene rings is 3. The van der Waals surface area contributed by atoms with Crippen molar-refractivity contribution < 1.29 is 31.5 Å². The van der Waals surface area contributed by atoms with Gasteiger partial charge in [-0.05, 0) is 55.3 Å². The fraction of sp³-hybridized carbons (Fsp3) is 0.310. The van der Waals surface area contributed by atoms with E-state index in [0.29, 0.717) is 36.2 Å². The number of aryl methyl sites for hydroxylation is 2. The number of ether oxygens (including phenoxy) is 1. The van der Waals surface area contributed by atoms with Gasteiger partial charge in [0.25, 0.3) is 10.0 Å². The third kappa shape index (κ3) is 5.69. The predicted octanol–water partition coefficient (Wildman–Crippen LogP) is 4.25. The van der Waals surface area contributed by atoms with E-state index in [0.717, 1.165) is 22.9 Å². The van der Waals surface area contributed by atoms with Crippen LogP contribution in [0.3, 0.4) is 0 Å². The number of para-hydroxylation sites is 1. The van der Waals surface area contributed by atoms with Crippen LogP contribution in [0.15, 0.2) is 77.7 Å². The first-order chi connectivity index (χ1) is 19.6. The number of urea groups is 1. The van der Waals surface area contributed by atoms with Crippen molar-refractivity contribution >= 4 is 33.3 Å². The number of sulfonamides is 1. The fourth-order valence-electron chi connectivity index (χ4n) is 5.22. The van der Waals surface area contributed by atoms with E-state index in [1.54, 1.807) is 35.2 Å². The lowest BCUT2D eigenvalue weighted by Gasteiger charge is -2.38. The van der Waals surface area contributed by atoms with Crippen LogP contribution >= 0.6 is 0 Å². The van der Waals surface area contributed by atoms with Crippen molar-refractivity contribution in [2.24, 2.45) is 0 Å². The molecule has 5 rings (SSSR count). The molecule has 0 unspecified atom stereocenters. The number of piperazine rings is 1. The monoisotopic (exact) mass is 584 g/mol. The Morgan fingerprint density at radius 3 is 2.32 bits per heavy atom. The second kappa shape index (κ2) is 11.4. The van der Waals surface area contributed by atoms with E-state index in [1.165, 1.54) is 23.1 Å². The SMILES string of the molecule is Cc1ccc(C)c(N2CCN(C(=O)[C@@H]3CN(S(=O)(=O)c4cccc(OC(F)F)c4)C(=O)N3c3ccccc3)CC2)c1. The van der Waals surface area contributed by atoms with Crippen LogP contribution in [0, 0.1) is 13.8 Å². The van der Waals surface area contributed by atoms with Gasteiger partial charge in [0.15, 0.2) is 0 Å². The second-order valence-corrected chi connectivity index (χ2v) is 11.9. The smallest absolute Gasteiger partial charge is 0.387 e. The number of rotatable bonds is 7. The number of amides is 3. The minimum atomic E-state index is -4.50. The van der Waals surface area contributed by atoms with E-state index in [4.69, 9.17) is 0 Å². The van der Waals surface area contributed by atoms with Crippen LogP contribution in [0.25, 0.3) is 0 Å². The zero-order valence-corrected chi connectivity index (χ0v) is 23.4.